The molecule has 0 saturated carbocycles. The molecule has 1 saturated heterocycles. The maximum atomic E-state index is 12.6. The second kappa shape index (κ2) is 5.97. The van der Waals surface area contributed by atoms with E-state index in [9.17, 15) is 4.79 Å². The number of methoxy groups -OCH3 is 1. The van der Waals surface area contributed by atoms with Crippen molar-refractivity contribution in [2.45, 2.75) is 6.23 Å². The zero-order valence-electron chi connectivity index (χ0n) is 11.9. The highest BCUT2D eigenvalue weighted by atomic mass is 16.5. The van der Waals surface area contributed by atoms with E-state index in [0.717, 1.165) is 11.3 Å². The van der Waals surface area contributed by atoms with Crippen LogP contribution in [0.25, 0.3) is 0 Å². The predicted octanol–water partition coefficient (Wildman–Crippen LogP) is 2.87. The van der Waals surface area contributed by atoms with Crippen molar-refractivity contribution in [3.05, 3.63) is 65.7 Å². The average molecular weight is 283 g/mol. The summed E-state index contributed by atoms with van der Waals surface area (Å²) in [6.07, 6.45) is -0.305. The van der Waals surface area contributed by atoms with Gasteiger partial charge < -0.3 is 14.4 Å². The topological polar surface area (TPSA) is 38.8 Å². The van der Waals surface area contributed by atoms with Crippen molar-refractivity contribution >= 4 is 5.91 Å². The summed E-state index contributed by atoms with van der Waals surface area (Å²) in [5.74, 6) is 0.716. The van der Waals surface area contributed by atoms with Crippen LogP contribution in [0.15, 0.2) is 54.6 Å². The number of ether oxygens (including phenoxy) is 2. The number of hydrogen-bond acceptors (Lipinski definition) is 3. The lowest BCUT2D eigenvalue weighted by molar-refractivity contribution is 0.0272. The van der Waals surface area contributed by atoms with Gasteiger partial charge in [0, 0.05) is 17.7 Å². The van der Waals surface area contributed by atoms with E-state index < -0.39 is 0 Å². The maximum Gasteiger partial charge on any atom is 0.256 e. The third kappa shape index (κ3) is 2.76. The Kier molecular flexibility index (Phi) is 3.88. The monoisotopic (exact) mass is 283 g/mol. The molecule has 1 amide bonds. The SMILES string of the molecule is COc1ccc(C(=O)N2CCOC2c2ccccc2)cc1. The molecule has 1 aliphatic rings. The van der Waals surface area contributed by atoms with Crippen molar-refractivity contribution in [3.8, 4) is 5.75 Å². The summed E-state index contributed by atoms with van der Waals surface area (Å²) in [5, 5.41) is 0. The maximum absolute atomic E-state index is 12.6. The molecule has 3 rings (SSSR count). The first-order valence-corrected chi connectivity index (χ1v) is 6.91. The van der Waals surface area contributed by atoms with Crippen molar-refractivity contribution in [3.63, 3.8) is 0 Å². The molecule has 2 aromatic carbocycles. The van der Waals surface area contributed by atoms with E-state index in [1.165, 1.54) is 0 Å². The molecule has 0 aliphatic carbocycles. The van der Waals surface area contributed by atoms with Gasteiger partial charge in [-0.05, 0) is 24.3 Å². The number of amides is 1. The molecule has 1 unspecified atom stereocenters. The van der Waals surface area contributed by atoms with Gasteiger partial charge in [0.15, 0.2) is 6.23 Å². The minimum absolute atomic E-state index is 0.0241. The minimum Gasteiger partial charge on any atom is -0.497 e. The molecule has 1 aliphatic heterocycles. The second-order valence-electron chi connectivity index (χ2n) is 4.86. The van der Waals surface area contributed by atoms with Gasteiger partial charge in [0.2, 0.25) is 0 Å². The van der Waals surface area contributed by atoms with Crippen molar-refractivity contribution in [1.82, 2.24) is 4.90 Å². The molecule has 21 heavy (non-hydrogen) atoms. The highest BCUT2D eigenvalue weighted by molar-refractivity contribution is 5.94. The Bertz CT molecular complexity index is 610. The van der Waals surface area contributed by atoms with Gasteiger partial charge in [0.25, 0.3) is 5.91 Å². The number of carbonyl (C=O) groups is 1. The van der Waals surface area contributed by atoms with Crippen LogP contribution in [-0.4, -0.2) is 31.1 Å². The van der Waals surface area contributed by atoms with Gasteiger partial charge in [-0.15, -0.1) is 0 Å². The first-order valence-electron chi connectivity index (χ1n) is 6.91. The Hall–Kier alpha value is -2.33. The summed E-state index contributed by atoms with van der Waals surface area (Å²) in [6.45, 7) is 1.16. The van der Waals surface area contributed by atoms with Crippen LogP contribution in [0.5, 0.6) is 5.75 Å². The summed E-state index contributed by atoms with van der Waals surface area (Å²) in [4.78, 5) is 14.4. The normalized spacial score (nSPS) is 17.8. The number of nitrogens with zero attached hydrogens (tertiary/aromatic N) is 1. The highest BCUT2D eigenvalue weighted by Crippen LogP contribution is 2.28. The Morgan fingerprint density at radius 3 is 2.52 bits per heavy atom. The number of rotatable bonds is 3. The van der Waals surface area contributed by atoms with Gasteiger partial charge in [-0.2, -0.15) is 0 Å². The Labute approximate surface area is 123 Å². The molecule has 1 fully saturated rings. The largest absolute Gasteiger partial charge is 0.497 e. The molecule has 0 N–H and O–H groups in total. The van der Waals surface area contributed by atoms with Gasteiger partial charge >= 0.3 is 0 Å². The van der Waals surface area contributed by atoms with Crippen LogP contribution in [0, 0.1) is 0 Å². The van der Waals surface area contributed by atoms with E-state index in [2.05, 4.69) is 0 Å². The molecule has 1 atom stereocenters. The van der Waals surface area contributed by atoms with Gasteiger partial charge in [-0.25, -0.2) is 0 Å². The van der Waals surface area contributed by atoms with Crippen molar-refractivity contribution in [1.29, 1.82) is 0 Å². The zero-order valence-corrected chi connectivity index (χ0v) is 11.9. The molecule has 4 heteroatoms. The van der Waals surface area contributed by atoms with E-state index in [1.54, 1.807) is 36.3 Å². The summed E-state index contributed by atoms with van der Waals surface area (Å²) in [5.41, 5.74) is 1.64. The molecular weight excluding hydrogens is 266 g/mol. The molecule has 2 aromatic rings. The lowest BCUT2D eigenvalue weighted by atomic mass is 10.1. The van der Waals surface area contributed by atoms with Crippen LogP contribution in [-0.2, 0) is 4.74 Å². The third-order valence-electron chi connectivity index (χ3n) is 3.57. The summed E-state index contributed by atoms with van der Waals surface area (Å²) in [6, 6.07) is 17.0. The van der Waals surface area contributed by atoms with Crippen LogP contribution in [0.2, 0.25) is 0 Å². The van der Waals surface area contributed by atoms with Gasteiger partial charge in [-0.3, -0.25) is 4.79 Å². The van der Waals surface area contributed by atoms with E-state index in [4.69, 9.17) is 9.47 Å². The van der Waals surface area contributed by atoms with E-state index in [-0.39, 0.29) is 12.1 Å². The van der Waals surface area contributed by atoms with E-state index in [1.807, 2.05) is 30.3 Å². The van der Waals surface area contributed by atoms with Crippen LogP contribution in [0.4, 0.5) is 0 Å². The number of benzene rings is 2. The Morgan fingerprint density at radius 1 is 1.14 bits per heavy atom. The number of hydrogen-bond donors (Lipinski definition) is 0. The molecule has 0 spiro atoms. The standard InChI is InChI=1S/C17H17NO3/c1-20-15-9-7-13(8-10-15)16(19)18-11-12-21-17(18)14-5-3-2-4-6-14/h2-10,17H,11-12H2,1H3. The van der Waals surface area contributed by atoms with Gasteiger partial charge in [0.1, 0.15) is 5.75 Å². The van der Waals surface area contributed by atoms with Crippen molar-refractivity contribution in [2.75, 3.05) is 20.3 Å². The third-order valence-corrected chi connectivity index (χ3v) is 3.57. The highest BCUT2D eigenvalue weighted by Gasteiger charge is 2.31. The van der Waals surface area contributed by atoms with E-state index in [0.29, 0.717) is 18.7 Å². The lowest BCUT2D eigenvalue weighted by Crippen LogP contribution is -2.31. The smallest absolute Gasteiger partial charge is 0.256 e. The van der Waals surface area contributed by atoms with Crippen LogP contribution in [0.3, 0.4) is 0 Å². The molecule has 0 bridgehead atoms. The van der Waals surface area contributed by atoms with Crippen molar-refractivity contribution < 1.29 is 14.3 Å². The van der Waals surface area contributed by atoms with E-state index >= 15 is 0 Å². The Morgan fingerprint density at radius 2 is 1.86 bits per heavy atom. The fraction of sp³-hybridized carbons (Fsp3) is 0.235. The first kappa shape index (κ1) is 13.6. The zero-order chi connectivity index (χ0) is 14.7. The molecule has 1 heterocycles. The molecular formula is C17H17NO3. The quantitative estimate of drug-likeness (QED) is 0.869. The second-order valence-corrected chi connectivity index (χ2v) is 4.86. The number of carbonyl (C=O) groups excluding carboxylic acids is 1. The molecule has 0 aromatic heterocycles. The minimum atomic E-state index is -0.305. The van der Waals surface area contributed by atoms with Crippen LogP contribution < -0.4 is 4.74 Å². The van der Waals surface area contributed by atoms with Crippen LogP contribution >= 0.6 is 0 Å². The van der Waals surface area contributed by atoms with Gasteiger partial charge in [-0.1, -0.05) is 30.3 Å². The van der Waals surface area contributed by atoms with Gasteiger partial charge in [0.05, 0.1) is 13.7 Å². The lowest BCUT2D eigenvalue weighted by Gasteiger charge is -2.23. The van der Waals surface area contributed by atoms with Crippen molar-refractivity contribution in [2.24, 2.45) is 0 Å². The molecule has 0 radical (unpaired) electrons. The first-order chi connectivity index (χ1) is 10.3. The summed E-state index contributed by atoms with van der Waals surface area (Å²) >= 11 is 0. The fourth-order valence-corrected chi connectivity index (χ4v) is 2.47. The van der Waals surface area contributed by atoms with Crippen LogP contribution in [0.1, 0.15) is 22.1 Å². The molecule has 4 nitrogen and oxygen atoms in total. The average Bonchev–Trinajstić information content (AvgIpc) is 3.04. The summed E-state index contributed by atoms with van der Waals surface area (Å²) in [7, 11) is 1.61. The Balaban J connectivity index is 1.82. The predicted molar refractivity (Wildman–Crippen MR) is 79.2 cm³/mol. The molecule has 108 valence electrons. The fourth-order valence-electron chi connectivity index (χ4n) is 2.47. The summed E-state index contributed by atoms with van der Waals surface area (Å²) < 4.78 is 10.8.